The third-order valence-corrected chi connectivity index (χ3v) is 1.11. The molecule has 0 radical (unpaired) electrons. The Balaban J connectivity index is 3.15. The topological polar surface area (TPSA) is 72.7 Å². The zero-order chi connectivity index (χ0) is 5.91. The highest BCUT2D eigenvalue weighted by molar-refractivity contribution is 7.56. The average Bonchev–Trinajstić information content (AvgIpc) is 1.30. The summed E-state index contributed by atoms with van der Waals surface area (Å²) in [5.41, 5.74) is 0. The molecular weight excluding hydrogens is 117 g/mol. The van der Waals surface area contributed by atoms with Crippen molar-refractivity contribution in [1.82, 2.24) is 5.09 Å². The second kappa shape index (κ2) is 2.55. The molecule has 4 nitrogen and oxygen atoms in total. The van der Waals surface area contributed by atoms with Crippen LogP contribution in [0.2, 0.25) is 0 Å². The lowest BCUT2D eigenvalue weighted by Gasteiger charge is -1.99. The molecule has 0 rings (SSSR count). The fourth-order valence-electron chi connectivity index (χ4n) is 0.212. The zero-order valence-electron chi connectivity index (χ0n) is 4.00. The lowest BCUT2D eigenvalue weighted by atomic mass is 10.8. The third kappa shape index (κ3) is 6.27. The van der Waals surface area contributed by atoms with Crippen LogP contribution in [-0.4, -0.2) is 21.2 Å². The second-order valence-corrected chi connectivity index (χ2v) is 2.53. The van der Waals surface area contributed by atoms with Crippen molar-refractivity contribution in [2.24, 2.45) is 0 Å². The van der Waals surface area contributed by atoms with Gasteiger partial charge in [0.1, 0.15) is 0 Å². The number of hydrogen-bond acceptors (Lipinski definition) is 4. The molecule has 0 spiro atoms. The van der Waals surface area contributed by atoms with E-state index in [-0.39, 0.29) is 0 Å². The van der Waals surface area contributed by atoms with Crippen LogP contribution < -0.4 is 5.09 Å². The van der Waals surface area contributed by atoms with Crippen molar-refractivity contribution in [3.8, 4) is 0 Å². The summed E-state index contributed by atoms with van der Waals surface area (Å²) in [6.45, 7) is 2.02. The number of hydrogen-bond donors (Lipinski definition) is 4. The first-order valence-electron chi connectivity index (χ1n) is 1.88. The first-order chi connectivity index (χ1) is 3.06. The highest BCUT2D eigenvalue weighted by atomic mass is 31.2. The molecular formula is C2H9NO3P+. The lowest BCUT2D eigenvalue weighted by Crippen LogP contribution is -2.12. The minimum atomic E-state index is -3.67. The monoisotopic (exact) mass is 126 g/mol. The van der Waals surface area contributed by atoms with Crippen LogP contribution in [0.5, 0.6) is 0 Å². The summed E-state index contributed by atoms with van der Waals surface area (Å²) in [4.78, 5) is 24.4. The standard InChI is InChI=1S/C2H9NO3P/c1-2-3-7(4,5)6/h3-6H,2H2,1H3/q+1. The fourth-order valence-corrected chi connectivity index (χ4v) is 0.636. The van der Waals surface area contributed by atoms with Gasteiger partial charge in [0.25, 0.3) is 0 Å². The SMILES string of the molecule is CCN[P+](O)(O)O. The van der Waals surface area contributed by atoms with Gasteiger partial charge in [0, 0.05) is 6.54 Å². The molecule has 0 aromatic carbocycles. The molecule has 0 fully saturated rings. The Labute approximate surface area is 42.4 Å². The van der Waals surface area contributed by atoms with Crippen molar-refractivity contribution < 1.29 is 14.7 Å². The molecule has 0 amide bonds. The first-order valence-corrected chi connectivity index (χ1v) is 3.53. The molecule has 0 aromatic heterocycles. The Morgan fingerprint density at radius 1 is 1.43 bits per heavy atom. The Morgan fingerprint density at radius 3 is 1.86 bits per heavy atom. The zero-order valence-corrected chi connectivity index (χ0v) is 4.89. The summed E-state index contributed by atoms with van der Waals surface area (Å²) in [5.74, 6) is 0. The van der Waals surface area contributed by atoms with Gasteiger partial charge in [-0.05, 0) is 6.92 Å². The van der Waals surface area contributed by atoms with E-state index in [1.165, 1.54) is 0 Å². The van der Waals surface area contributed by atoms with Crippen LogP contribution in [0, 0.1) is 0 Å². The lowest BCUT2D eigenvalue weighted by molar-refractivity contribution is 0.315. The molecule has 5 heteroatoms. The van der Waals surface area contributed by atoms with Crippen LogP contribution >= 0.6 is 8.09 Å². The van der Waals surface area contributed by atoms with Gasteiger partial charge in [-0.25, -0.2) is 0 Å². The van der Waals surface area contributed by atoms with E-state index in [1.54, 1.807) is 6.92 Å². The van der Waals surface area contributed by atoms with Crippen molar-refractivity contribution >= 4 is 8.09 Å². The summed E-state index contributed by atoms with van der Waals surface area (Å²) in [6, 6.07) is 0. The van der Waals surface area contributed by atoms with Gasteiger partial charge >= 0.3 is 8.09 Å². The number of nitrogens with one attached hydrogen (secondary N) is 1. The van der Waals surface area contributed by atoms with Crippen molar-refractivity contribution in [3.63, 3.8) is 0 Å². The van der Waals surface area contributed by atoms with Crippen molar-refractivity contribution in [2.45, 2.75) is 6.92 Å². The molecule has 0 aromatic rings. The van der Waals surface area contributed by atoms with Gasteiger partial charge < -0.3 is 0 Å². The van der Waals surface area contributed by atoms with Gasteiger partial charge in [0.15, 0.2) is 0 Å². The van der Waals surface area contributed by atoms with E-state index < -0.39 is 8.09 Å². The Kier molecular flexibility index (Phi) is 2.64. The molecule has 0 saturated carbocycles. The van der Waals surface area contributed by atoms with E-state index in [2.05, 4.69) is 5.09 Å². The summed E-state index contributed by atoms with van der Waals surface area (Å²) in [7, 11) is -3.67. The maximum atomic E-state index is 8.13. The van der Waals surface area contributed by atoms with Gasteiger partial charge in [-0.3, -0.25) is 0 Å². The normalized spacial score (nSPS) is 12.0. The van der Waals surface area contributed by atoms with Gasteiger partial charge in [-0.2, -0.15) is 14.7 Å². The third-order valence-electron chi connectivity index (χ3n) is 0.370. The maximum absolute atomic E-state index is 8.13. The quantitative estimate of drug-likeness (QED) is 0.367. The van der Waals surface area contributed by atoms with Crippen LogP contribution in [0.1, 0.15) is 6.92 Å². The van der Waals surface area contributed by atoms with E-state index in [0.717, 1.165) is 0 Å². The predicted octanol–water partition coefficient (Wildman–Crippen LogP) is -0.750. The Bertz CT molecular complexity index is 51.4. The molecule has 0 aliphatic heterocycles. The van der Waals surface area contributed by atoms with E-state index in [4.69, 9.17) is 14.7 Å². The van der Waals surface area contributed by atoms with Crippen molar-refractivity contribution in [3.05, 3.63) is 0 Å². The molecule has 0 aliphatic carbocycles. The predicted molar refractivity (Wildman–Crippen MR) is 27.3 cm³/mol. The molecule has 0 saturated heterocycles. The van der Waals surface area contributed by atoms with Gasteiger partial charge in [-0.15, -0.1) is 5.09 Å². The van der Waals surface area contributed by atoms with Crippen molar-refractivity contribution in [1.29, 1.82) is 0 Å². The van der Waals surface area contributed by atoms with E-state index in [9.17, 15) is 0 Å². The molecule has 44 valence electrons. The summed E-state index contributed by atoms with van der Waals surface area (Å²) >= 11 is 0. The minimum Gasteiger partial charge on any atom is -0.178 e. The summed E-state index contributed by atoms with van der Waals surface area (Å²) < 4.78 is 0. The van der Waals surface area contributed by atoms with E-state index in [0.29, 0.717) is 6.54 Å². The van der Waals surface area contributed by atoms with Crippen LogP contribution in [0.15, 0.2) is 0 Å². The van der Waals surface area contributed by atoms with Crippen molar-refractivity contribution in [2.75, 3.05) is 6.54 Å². The largest absolute Gasteiger partial charge is 0.493 e. The van der Waals surface area contributed by atoms with Crippen LogP contribution in [0.25, 0.3) is 0 Å². The highest BCUT2D eigenvalue weighted by Crippen LogP contribution is 2.37. The fraction of sp³-hybridized carbons (Fsp3) is 1.00. The average molecular weight is 126 g/mol. The highest BCUT2D eigenvalue weighted by Gasteiger charge is 2.27. The van der Waals surface area contributed by atoms with Crippen LogP contribution in [0.4, 0.5) is 0 Å². The van der Waals surface area contributed by atoms with Gasteiger partial charge in [-0.1, -0.05) is 0 Å². The molecule has 0 aliphatic rings. The molecule has 0 atom stereocenters. The first kappa shape index (κ1) is 7.27. The Hall–Kier alpha value is 0.270. The summed E-state index contributed by atoms with van der Waals surface area (Å²) in [5, 5.41) is 2.06. The van der Waals surface area contributed by atoms with Crippen LogP contribution in [-0.2, 0) is 0 Å². The van der Waals surface area contributed by atoms with Gasteiger partial charge in [0.05, 0.1) is 0 Å². The maximum Gasteiger partial charge on any atom is 0.493 e. The molecule has 0 unspecified atom stereocenters. The van der Waals surface area contributed by atoms with Crippen LogP contribution in [0.3, 0.4) is 0 Å². The van der Waals surface area contributed by atoms with E-state index >= 15 is 0 Å². The molecule has 0 bridgehead atoms. The molecule has 4 N–H and O–H groups in total. The van der Waals surface area contributed by atoms with E-state index in [1.807, 2.05) is 0 Å². The van der Waals surface area contributed by atoms with Gasteiger partial charge in [0.2, 0.25) is 0 Å². The summed E-state index contributed by atoms with van der Waals surface area (Å²) in [6.07, 6.45) is 0. The number of rotatable bonds is 2. The minimum absolute atomic E-state index is 0.358. The molecule has 7 heavy (non-hydrogen) atoms. The smallest absolute Gasteiger partial charge is 0.178 e. The Morgan fingerprint density at radius 2 is 1.86 bits per heavy atom. The molecule has 0 heterocycles. The second-order valence-electron chi connectivity index (χ2n) is 1.08.